The number of alkyl halides is 1. The van der Waals surface area contributed by atoms with Crippen LogP contribution in [0.15, 0.2) is 0 Å². The van der Waals surface area contributed by atoms with Crippen LogP contribution in [0.2, 0.25) is 0 Å². The minimum Gasteiger partial charge on any atom is -0.382 e. The number of amides is 1. The monoisotopic (exact) mass is 249 g/mol. The first kappa shape index (κ1) is 13.7. The average Bonchev–Trinajstić information content (AvgIpc) is 2.67. The number of rotatable bonds is 7. The molecule has 0 radical (unpaired) electrons. The molecule has 2 atom stereocenters. The second-order valence-corrected chi connectivity index (χ2v) is 4.62. The maximum atomic E-state index is 11.3. The lowest BCUT2D eigenvalue weighted by atomic mass is 10.1. The average molecular weight is 250 g/mol. The number of hydrogen-bond donors (Lipinski definition) is 1. The Balaban J connectivity index is 2.01. The van der Waals surface area contributed by atoms with E-state index in [1.54, 1.807) is 7.11 Å². The van der Waals surface area contributed by atoms with Gasteiger partial charge in [0, 0.05) is 19.0 Å². The van der Waals surface area contributed by atoms with Gasteiger partial charge in [0.25, 0.3) is 0 Å². The van der Waals surface area contributed by atoms with Crippen LogP contribution in [0.5, 0.6) is 0 Å². The Bertz CT molecular complexity index is 213. The van der Waals surface area contributed by atoms with Crippen molar-refractivity contribution in [2.24, 2.45) is 5.92 Å². The van der Waals surface area contributed by atoms with Crippen molar-refractivity contribution in [2.45, 2.75) is 24.6 Å². The molecular formula is C11H20ClNO3. The van der Waals surface area contributed by atoms with Crippen LogP contribution in [-0.4, -0.2) is 44.8 Å². The quantitative estimate of drug-likeness (QED) is 0.544. The summed E-state index contributed by atoms with van der Waals surface area (Å²) in [4.78, 5) is 11.3. The fourth-order valence-electron chi connectivity index (χ4n) is 1.82. The van der Waals surface area contributed by atoms with Gasteiger partial charge in [0.1, 0.15) is 6.61 Å². The Hall–Kier alpha value is -0.320. The Morgan fingerprint density at radius 2 is 2.25 bits per heavy atom. The minimum absolute atomic E-state index is 0.0770. The third-order valence-corrected chi connectivity index (χ3v) is 3.37. The van der Waals surface area contributed by atoms with E-state index in [4.69, 9.17) is 21.1 Å². The molecule has 5 heteroatoms. The molecule has 4 nitrogen and oxygen atoms in total. The van der Waals surface area contributed by atoms with Crippen molar-refractivity contribution in [2.75, 3.05) is 33.5 Å². The number of methoxy groups -OCH3 is 1. The molecule has 1 aliphatic rings. The van der Waals surface area contributed by atoms with Crippen molar-refractivity contribution in [1.82, 2.24) is 5.32 Å². The molecule has 0 aromatic heterocycles. The van der Waals surface area contributed by atoms with Gasteiger partial charge in [-0.3, -0.25) is 4.79 Å². The zero-order valence-corrected chi connectivity index (χ0v) is 10.5. The van der Waals surface area contributed by atoms with Crippen LogP contribution >= 0.6 is 11.6 Å². The fraction of sp³-hybridized carbons (Fsp3) is 0.909. The van der Waals surface area contributed by atoms with Crippen molar-refractivity contribution >= 4 is 17.5 Å². The van der Waals surface area contributed by atoms with Crippen molar-refractivity contribution < 1.29 is 14.3 Å². The first-order chi connectivity index (χ1) is 7.74. The Morgan fingerprint density at radius 1 is 1.44 bits per heavy atom. The number of ether oxygens (including phenoxy) is 2. The third kappa shape index (κ3) is 5.14. The summed E-state index contributed by atoms with van der Waals surface area (Å²) in [7, 11) is 1.60. The van der Waals surface area contributed by atoms with E-state index < -0.39 is 0 Å². The van der Waals surface area contributed by atoms with E-state index in [0.29, 0.717) is 25.7 Å². The van der Waals surface area contributed by atoms with E-state index >= 15 is 0 Å². The van der Waals surface area contributed by atoms with Gasteiger partial charge in [-0.1, -0.05) is 6.42 Å². The largest absolute Gasteiger partial charge is 0.382 e. The first-order valence-electron chi connectivity index (χ1n) is 5.71. The number of nitrogens with one attached hydrogen (secondary N) is 1. The van der Waals surface area contributed by atoms with Crippen molar-refractivity contribution in [3.05, 3.63) is 0 Å². The number of carbonyl (C=O) groups is 1. The fourth-order valence-corrected chi connectivity index (χ4v) is 2.19. The normalized spacial score (nSPS) is 24.6. The molecule has 0 aromatic rings. The standard InChI is InChI=1S/C11H20ClNO3/c1-15-5-6-16-8-11(14)13-7-9-3-2-4-10(9)12/h9-10H,2-8H2,1H3,(H,13,14). The number of carbonyl (C=O) groups excluding carboxylic acids is 1. The van der Waals surface area contributed by atoms with Gasteiger partial charge < -0.3 is 14.8 Å². The molecule has 1 amide bonds. The predicted molar refractivity (Wildman–Crippen MR) is 62.7 cm³/mol. The van der Waals surface area contributed by atoms with E-state index in [-0.39, 0.29) is 17.9 Å². The summed E-state index contributed by atoms with van der Waals surface area (Å²) in [6.45, 7) is 1.73. The minimum atomic E-state index is -0.0770. The second-order valence-electron chi connectivity index (χ2n) is 4.06. The smallest absolute Gasteiger partial charge is 0.246 e. The molecule has 16 heavy (non-hydrogen) atoms. The van der Waals surface area contributed by atoms with Crippen LogP contribution in [0.4, 0.5) is 0 Å². The topological polar surface area (TPSA) is 47.6 Å². The molecule has 0 spiro atoms. The van der Waals surface area contributed by atoms with Crippen LogP contribution in [0.1, 0.15) is 19.3 Å². The van der Waals surface area contributed by atoms with Crippen LogP contribution in [0.3, 0.4) is 0 Å². The Morgan fingerprint density at radius 3 is 2.88 bits per heavy atom. The molecule has 1 fully saturated rings. The van der Waals surface area contributed by atoms with Gasteiger partial charge in [-0.15, -0.1) is 11.6 Å². The number of hydrogen-bond acceptors (Lipinski definition) is 3. The van der Waals surface area contributed by atoms with Gasteiger partial charge in [-0.25, -0.2) is 0 Å². The zero-order chi connectivity index (χ0) is 11.8. The second kappa shape index (κ2) is 7.87. The van der Waals surface area contributed by atoms with E-state index in [1.165, 1.54) is 6.42 Å². The summed E-state index contributed by atoms with van der Waals surface area (Å²) >= 11 is 6.11. The summed E-state index contributed by atoms with van der Waals surface area (Å²) in [5.74, 6) is 0.344. The highest BCUT2D eigenvalue weighted by atomic mass is 35.5. The lowest BCUT2D eigenvalue weighted by Crippen LogP contribution is -2.33. The molecule has 0 saturated heterocycles. The van der Waals surface area contributed by atoms with Crippen molar-refractivity contribution in [3.63, 3.8) is 0 Å². The Kier molecular flexibility index (Phi) is 6.76. The van der Waals surface area contributed by atoms with E-state index in [0.717, 1.165) is 12.8 Å². The SMILES string of the molecule is COCCOCC(=O)NCC1CCCC1Cl. The van der Waals surface area contributed by atoms with Gasteiger partial charge in [-0.05, 0) is 18.8 Å². The van der Waals surface area contributed by atoms with Gasteiger partial charge in [0.05, 0.1) is 13.2 Å². The molecule has 0 heterocycles. The van der Waals surface area contributed by atoms with E-state index in [2.05, 4.69) is 5.32 Å². The van der Waals surface area contributed by atoms with Gasteiger partial charge >= 0.3 is 0 Å². The maximum Gasteiger partial charge on any atom is 0.246 e. The highest BCUT2D eigenvalue weighted by Crippen LogP contribution is 2.29. The molecule has 2 unspecified atom stereocenters. The Labute approximate surface area is 102 Å². The highest BCUT2D eigenvalue weighted by molar-refractivity contribution is 6.20. The lowest BCUT2D eigenvalue weighted by Gasteiger charge is -2.14. The summed E-state index contributed by atoms with van der Waals surface area (Å²) in [5, 5.41) is 3.06. The van der Waals surface area contributed by atoms with Gasteiger partial charge in [-0.2, -0.15) is 0 Å². The third-order valence-electron chi connectivity index (χ3n) is 2.79. The molecule has 94 valence electrons. The summed E-state index contributed by atoms with van der Waals surface area (Å²) in [6, 6.07) is 0. The number of halogens is 1. The highest BCUT2D eigenvalue weighted by Gasteiger charge is 2.25. The molecule has 0 bridgehead atoms. The van der Waals surface area contributed by atoms with Crippen molar-refractivity contribution in [1.29, 1.82) is 0 Å². The van der Waals surface area contributed by atoms with Crippen LogP contribution in [0, 0.1) is 5.92 Å². The molecular weight excluding hydrogens is 230 g/mol. The summed E-state index contributed by atoms with van der Waals surface area (Å²) in [5.41, 5.74) is 0. The lowest BCUT2D eigenvalue weighted by molar-refractivity contribution is -0.126. The molecule has 0 aromatic carbocycles. The summed E-state index contributed by atoms with van der Waals surface area (Å²) < 4.78 is 9.91. The molecule has 1 aliphatic carbocycles. The first-order valence-corrected chi connectivity index (χ1v) is 6.15. The van der Waals surface area contributed by atoms with Gasteiger partial charge in [0.15, 0.2) is 0 Å². The van der Waals surface area contributed by atoms with Crippen LogP contribution in [-0.2, 0) is 14.3 Å². The van der Waals surface area contributed by atoms with Crippen molar-refractivity contribution in [3.8, 4) is 0 Å². The molecule has 0 aliphatic heterocycles. The molecule has 1 rings (SSSR count). The molecule has 1 saturated carbocycles. The van der Waals surface area contributed by atoms with Gasteiger partial charge in [0.2, 0.25) is 5.91 Å². The van der Waals surface area contributed by atoms with E-state index in [9.17, 15) is 4.79 Å². The zero-order valence-electron chi connectivity index (χ0n) is 9.71. The predicted octanol–water partition coefficient (Wildman–Crippen LogP) is 1.17. The summed E-state index contributed by atoms with van der Waals surface area (Å²) in [6.07, 6.45) is 3.34. The maximum absolute atomic E-state index is 11.3. The van der Waals surface area contributed by atoms with Crippen LogP contribution < -0.4 is 5.32 Å². The van der Waals surface area contributed by atoms with E-state index in [1.807, 2.05) is 0 Å². The molecule has 1 N–H and O–H groups in total. The van der Waals surface area contributed by atoms with Crippen LogP contribution in [0.25, 0.3) is 0 Å².